The fourth-order valence-electron chi connectivity index (χ4n) is 6.31. The van der Waals surface area contributed by atoms with E-state index in [1.165, 1.54) is 7.11 Å². The van der Waals surface area contributed by atoms with Crippen molar-refractivity contribution < 1.29 is 49.3 Å². The zero-order valence-corrected chi connectivity index (χ0v) is 26.9. The molecule has 0 aliphatic carbocycles. The zero-order chi connectivity index (χ0) is 33.3. The van der Waals surface area contributed by atoms with E-state index in [4.69, 9.17) is 14.2 Å². The number of hydrogen-bond acceptors (Lipinski definition) is 9. The van der Waals surface area contributed by atoms with Crippen LogP contribution in [0.5, 0.6) is 11.5 Å². The number of aliphatic hydroxyl groups is 2. The maximum Gasteiger partial charge on any atom is 0.339 e. The van der Waals surface area contributed by atoms with Crippen LogP contribution in [0.3, 0.4) is 0 Å². The number of benzene rings is 2. The Morgan fingerprint density at radius 2 is 1.78 bits per heavy atom. The normalized spacial score (nSPS) is 23.7. The van der Waals surface area contributed by atoms with E-state index >= 15 is 0 Å². The molecule has 0 bridgehead atoms. The van der Waals surface area contributed by atoms with Crippen molar-refractivity contribution in [2.24, 2.45) is 5.41 Å². The van der Waals surface area contributed by atoms with Crippen LogP contribution in [-0.4, -0.2) is 88.4 Å². The number of aromatic carboxylic acids is 1. The molecule has 3 unspecified atom stereocenters. The predicted octanol–water partition coefficient (Wildman–Crippen LogP) is 3.85. The van der Waals surface area contributed by atoms with E-state index in [9.17, 15) is 35.1 Å². The van der Waals surface area contributed by atoms with Gasteiger partial charge in [-0.3, -0.25) is 4.79 Å². The Bertz CT molecular complexity index is 1270. The van der Waals surface area contributed by atoms with E-state index in [0.29, 0.717) is 43.2 Å². The minimum atomic E-state index is -1.29. The molecule has 6 N–H and O–H groups in total. The van der Waals surface area contributed by atoms with Gasteiger partial charge in [-0.05, 0) is 62.1 Å². The lowest BCUT2D eigenvalue weighted by Crippen LogP contribution is -2.59. The van der Waals surface area contributed by atoms with Crippen molar-refractivity contribution in [3.05, 3.63) is 58.7 Å². The average molecular weight is 632 g/mol. The van der Waals surface area contributed by atoms with Crippen molar-refractivity contribution >= 4 is 11.9 Å². The second-order valence-electron chi connectivity index (χ2n) is 12.2. The number of aromatic hydroxyl groups is 2. The molecule has 2 aromatic carbocycles. The zero-order valence-electron chi connectivity index (χ0n) is 26.9. The first-order chi connectivity index (χ1) is 21.4. The van der Waals surface area contributed by atoms with E-state index in [1.54, 1.807) is 14.0 Å². The first kappa shape index (κ1) is 36.3. The molecule has 11 nitrogen and oxygen atoms in total. The van der Waals surface area contributed by atoms with Crippen LogP contribution in [0, 0.1) is 12.3 Å². The standard InChI is InChI=1S/C34H49NO10/c1-6-34(3)28(43-4)19-27(32(44-5)35-31(40)24(37)16-15-21-11-8-7-9-12-21)45-29(34)17-22(36)13-10-14-23-20(2)25(38)18-26(39)30(23)33(41)42/h7-9,11-12,18,22,24,27-29,32,36-39H,6,10,13-17,19H2,1-5H3,(H,35,40)(H,41,42)/t22-,24+,27+,28?,29-,32?,34?/m1/s1. The van der Waals surface area contributed by atoms with Crippen LogP contribution in [0.4, 0.5) is 0 Å². The highest BCUT2D eigenvalue weighted by molar-refractivity contribution is 5.93. The third-order valence-corrected chi connectivity index (χ3v) is 9.36. The Kier molecular flexibility index (Phi) is 13.2. The van der Waals surface area contributed by atoms with Gasteiger partial charge in [0.25, 0.3) is 5.91 Å². The summed E-state index contributed by atoms with van der Waals surface area (Å²) < 4.78 is 18.0. The number of carbonyl (C=O) groups excluding carboxylic acids is 1. The van der Waals surface area contributed by atoms with Gasteiger partial charge in [-0.1, -0.05) is 44.2 Å². The van der Waals surface area contributed by atoms with Crippen LogP contribution in [0.15, 0.2) is 36.4 Å². The number of carboxylic acid groups (broad SMARTS) is 1. The quantitative estimate of drug-likeness (QED) is 0.149. The molecule has 0 spiro atoms. The Balaban J connectivity index is 1.66. The number of carboxylic acids is 1. The number of nitrogens with one attached hydrogen (secondary N) is 1. The number of hydrogen-bond donors (Lipinski definition) is 6. The lowest BCUT2D eigenvalue weighted by atomic mass is 9.70. The summed E-state index contributed by atoms with van der Waals surface area (Å²) in [5.41, 5.74) is 0.996. The molecule has 2 aromatic rings. The summed E-state index contributed by atoms with van der Waals surface area (Å²) in [6.45, 7) is 5.66. The largest absolute Gasteiger partial charge is 0.508 e. The summed E-state index contributed by atoms with van der Waals surface area (Å²) in [5, 5.41) is 54.2. The van der Waals surface area contributed by atoms with E-state index < -0.39 is 53.7 Å². The third kappa shape index (κ3) is 8.95. The van der Waals surface area contributed by atoms with Crippen LogP contribution < -0.4 is 5.32 Å². The molecular formula is C34H49NO10. The Morgan fingerprint density at radius 3 is 2.38 bits per heavy atom. The second-order valence-corrected chi connectivity index (χ2v) is 12.2. The number of phenols is 2. The Labute approximate surface area is 265 Å². The summed E-state index contributed by atoms with van der Waals surface area (Å²) in [5.74, 6) is -2.55. The highest BCUT2D eigenvalue weighted by Crippen LogP contribution is 2.44. The molecule has 0 saturated carbocycles. The van der Waals surface area contributed by atoms with Crippen molar-refractivity contribution in [1.82, 2.24) is 5.32 Å². The van der Waals surface area contributed by atoms with Crippen LogP contribution >= 0.6 is 0 Å². The van der Waals surface area contributed by atoms with Gasteiger partial charge in [0.2, 0.25) is 0 Å². The molecule has 1 saturated heterocycles. The molecule has 250 valence electrons. The molecule has 1 heterocycles. The molecule has 3 rings (SSSR count). The van der Waals surface area contributed by atoms with Crippen LogP contribution in [0.2, 0.25) is 0 Å². The minimum Gasteiger partial charge on any atom is -0.508 e. The summed E-state index contributed by atoms with van der Waals surface area (Å²) >= 11 is 0. The highest BCUT2D eigenvalue weighted by Gasteiger charge is 2.49. The second kappa shape index (κ2) is 16.4. The van der Waals surface area contributed by atoms with Crippen LogP contribution in [0.25, 0.3) is 0 Å². The minimum absolute atomic E-state index is 0.192. The number of ether oxygens (including phenoxy) is 3. The number of carbonyl (C=O) groups is 2. The van der Waals surface area contributed by atoms with Crippen LogP contribution in [-0.2, 0) is 31.8 Å². The van der Waals surface area contributed by atoms with Gasteiger partial charge >= 0.3 is 5.97 Å². The van der Waals surface area contributed by atoms with E-state index in [2.05, 4.69) is 5.32 Å². The van der Waals surface area contributed by atoms with Crippen molar-refractivity contribution in [1.29, 1.82) is 0 Å². The van der Waals surface area contributed by atoms with E-state index in [-0.39, 0.29) is 36.7 Å². The van der Waals surface area contributed by atoms with Crippen molar-refractivity contribution in [3.8, 4) is 11.5 Å². The first-order valence-electron chi connectivity index (χ1n) is 15.5. The third-order valence-electron chi connectivity index (χ3n) is 9.36. The van der Waals surface area contributed by atoms with Gasteiger partial charge in [0.1, 0.15) is 29.3 Å². The van der Waals surface area contributed by atoms with Gasteiger partial charge in [0.15, 0.2) is 6.23 Å². The summed E-state index contributed by atoms with van der Waals surface area (Å²) in [4.78, 5) is 24.7. The summed E-state index contributed by atoms with van der Waals surface area (Å²) in [6, 6.07) is 10.6. The summed E-state index contributed by atoms with van der Waals surface area (Å²) in [7, 11) is 3.08. The number of rotatable bonds is 16. The number of amides is 1. The van der Waals surface area contributed by atoms with Gasteiger partial charge in [-0.25, -0.2) is 4.79 Å². The average Bonchev–Trinajstić information content (AvgIpc) is 3.02. The monoisotopic (exact) mass is 631 g/mol. The SMILES string of the molecule is CCC1(C)C(OC)C[C@@H](C(NC(=O)[C@@H](O)CCc2ccccc2)OC)O[C@@H]1C[C@H](O)CCCc1c(C)c(O)cc(O)c1C(=O)O. The van der Waals surface area contributed by atoms with E-state index in [1.807, 2.05) is 44.2 Å². The van der Waals surface area contributed by atoms with Gasteiger partial charge in [-0.15, -0.1) is 0 Å². The topological polar surface area (TPSA) is 175 Å². The van der Waals surface area contributed by atoms with Gasteiger partial charge in [0, 0.05) is 38.5 Å². The number of aryl methyl sites for hydroxylation is 1. The molecule has 1 aliphatic heterocycles. The molecule has 1 fully saturated rings. The lowest BCUT2D eigenvalue weighted by Gasteiger charge is -2.50. The molecule has 0 aromatic heterocycles. The highest BCUT2D eigenvalue weighted by atomic mass is 16.6. The molecule has 0 radical (unpaired) electrons. The maximum atomic E-state index is 12.9. The Morgan fingerprint density at radius 1 is 1.09 bits per heavy atom. The van der Waals surface area contributed by atoms with Gasteiger partial charge < -0.3 is 45.1 Å². The van der Waals surface area contributed by atoms with E-state index in [0.717, 1.165) is 11.6 Å². The molecule has 1 amide bonds. The number of aliphatic hydroxyl groups excluding tert-OH is 2. The summed E-state index contributed by atoms with van der Waals surface area (Å²) in [6.07, 6.45) is -1.17. The van der Waals surface area contributed by atoms with Crippen molar-refractivity contribution in [2.45, 2.75) is 109 Å². The van der Waals surface area contributed by atoms with Gasteiger partial charge in [0.05, 0.1) is 18.3 Å². The smallest absolute Gasteiger partial charge is 0.339 e. The fraction of sp³-hybridized carbons (Fsp3) is 0.588. The first-order valence-corrected chi connectivity index (χ1v) is 15.5. The molecule has 45 heavy (non-hydrogen) atoms. The molecular weight excluding hydrogens is 582 g/mol. The number of methoxy groups -OCH3 is 2. The lowest BCUT2D eigenvalue weighted by molar-refractivity contribution is -0.226. The van der Waals surface area contributed by atoms with Crippen LogP contribution in [0.1, 0.15) is 79.4 Å². The molecule has 11 heteroatoms. The fourth-order valence-corrected chi connectivity index (χ4v) is 6.31. The molecule has 7 atom stereocenters. The maximum absolute atomic E-state index is 12.9. The van der Waals surface area contributed by atoms with Crippen molar-refractivity contribution in [2.75, 3.05) is 14.2 Å². The number of phenolic OH excluding ortho intramolecular Hbond substituents is 1. The molecule has 1 aliphatic rings. The van der Waals surface area contributed by atoms with Crippen molar-refractivity contribution in [3.63, 3.8) is 0 Å². The van der Waals surface area contributed by atoms with Gasteiger partial charge in [-0.2, -0.15) is 0 Å². The predicted molar refractivity (Wildman–Crippen MR) is 167 cm³/mol. The Hall–Kier alpha value is -3.22.